The number of rotatable bonds is 2. The zero-order valence-corrected chi connectivity index (χ0v) is 16.4. The summed E-state index contributed by atoms with van der Waals surface area (Å²) in [5, 5.41) is 41.3. The van der Waals surface area contributed by atoms with E-state index in [1.165, 1.54) is 16.7 Å². The Bertz CT molecular complexity index is 952. The maximum atomic E-state index is 11.2. The molecule has 0 saturated heterocycles. The molecule has 0 heterocycles. The zero-order valence-electron chi connectivity index (χ0n) is 16.4. The standard InChI is InChI=1S/C25H27NO3/c26-11-10-25(29)22-9-8-19-18-7-6-17(27)12-16(18)13-20(15-4-2-1-3-5-15)24(19)21(22)14-23(25)28/h1-7,12,19-24,27-29H,8-10,13-14H2. The first kappa shape index (κ1) is 18.7. The fourth-order valence-electron chi connectivity index (χ4n) is 6.84. The van der Waals surface area contributed by atoms with Gasteiger partial charge in [0.05, 0.1) is 18.6 Å². The number of aliphatic hydroxyl groups excluding tert-OH is 1. The maximum Gasteiger partial charge on any atom is 0.115 e. The van der Waals surface area contributed by atoms with Crippen LogP contribution in [0.5, 0.6) is 5.75 Å². The van der Waals surface area contributed by atoms with Crippen LogP contribution in [0.3, 0.4) is 0 Å². The predicted octanol–water partition coefficient (Wildman–Crippen LogP) is 3.87. The highest BCUT2D eigenvalue weighted by molar-refractivity contribution is 5.43. The highest BCUT2D eigenvalue weighted by Gasteiger charge is 2.60. The molecule has 7 atom stereocenters. The number of nitrogens with zero attached hydrogens (tertiary/aromatic N) is 1. The summed E-state index contributed by atoms with van der Waals surface area (Å²) in [7, 11) is 0. The summed E-state index contributed by atoms with van der Waals surface area (Å²) in [6.45, 7) is 0. The first-order valence-corrected chi connectivity index (χ1v) is 10.7. The minimum Gasteiger partial charge on any atom is -0.508 e. The van der Waals surface area contributed by atoms with Gasteiger partial charge in [0.15, 0.2) is 0 Å². The van der Waals surface area contributed by atoms with E-state index in [1.54, 1.807) is 6.07 Å². The molecule has 0 aliphatic heterocycles. The van der Waals surface area contributed by atoms with Crippen LogP contribution < -0.4 is 0 Å². The summed E-state index contributed by atoms with van der Waals surface area (Å²) < 4.78 is 0. The van der Waals surface area contributed by atoms with Gasteiger partial charge in [-0.25, -0.2) is 0 Å². The Kier molecular flexibility index (Phi) is 4.42. The van der Waals surface area contributed by atoms with Crippen LogP contribution in [0, 0.1) is 29.1 Å². The highest BCUT2D eigenvalue weighted by atomic mass is 16.3. The minimum absolute atomic E-state index is 0.00676. The predicted molar refractivity (Wildman–Crippen MR) is 109 cm³/mol. The second-order valence-corrected chi connectivity index (χ2v) is 9.21. The molecule has 0 spiro atoms. The number of aliphatic hydroxyl groups is 2. The lowest BCUT2D eigenvalue weighted by Crippen LogP contribution is -2.47. The largest absolute Gasteiger partial charge is 0.508 e. The molecule has 5 rings (SSSR count). The lowest BCUT2D eigenvalue weighted by Gasteiger charge is -2.50. The smallest absolute Gasteiger partial charge is 0.115 e. The van der Waals surface area contributed by atoms with Crippen LogP contribution in [0.4, 0.5) is 0 Å². The fourth-order valence-corrected chi connectivity index (χ4v) is 6.84. The summed E-state index contributed by atoms with van der Waals surface area (Å²) in [5.41, 5.74) is 2.51. The van der Waals surface area contributed by atoms with Gasteiger partial charge >= 0.3 is 0 Å². The summed E-state index contributed by atoms with van der Waals surface area (Å²) in [4.78, 5) is 0. The maximum absolute atomic E-state index is 11.2. The van der Waals surface area contributed by atoms with E-state index in [9.17, 15) is 20.6 Å². The molecule has 0 radical (unpaired) electrons. The number of fused-ring (bicyclic) bond motifs is 5. The van der Waals surface area contributed by atoms with Gasteiger partial charge in [-0.1, -0.05) is 36.4 Å². The molecule has 2 aromatic rings. The molecular formula is C25H27NO3. The van der Waals surface area contributed by atoms with Crippen molar-refractivity contribution in [3.05, 3.63) is 65.2 Å². The number of aromatic hydroxyl groups is 1. The van der Waals surface area contributed by atoms with Crippen LogP contribution in [0.2, 0.25) is 0 Å². The summed E-state index contributed by atoms with van der Waals surface area (Å²) in [5.74, 6) is 1.40. The summed E-state index contributed by atoms with van der Waals surface area (Å²) in [6.07, 6.45) is 2.32. The van der Waals surface area contributed by atoms with E-state index >= 15 is 0 Å². The van der Waals surface area contributed by atoms with Crippen LogP contribution in [-0.2, 0) is 6.42 Å². The van der Waals surface area contributed by atoms with Crippen LogP contribution in [0.25, 0.3) is 0 Å². The number of benzene rings is 2. The van der Waals surface area contributed by atoms with Crippen molar-refractivity contribution in [1.82, 2.24) is 0 Å². The van der Waals surface area contributed by atoms with Crippen molar-refractivity contribution in [3.8, 4) is 11.8 Å². The average Bonchev–Trinajstić information content (AvgIpc) is 2.98. The number of phenolic OH excluding ortho intramolecular Hbond substituents is 1. The number of hydrogen-bond donors (Lipinski definition) is 3. The first-order valence-electron chi connectivity index (χ1n) is 10.7. The van der Waals surface area contributed by atoms with Crippen molar-refractivity contribution in [3.63, 3.8) is 0 Å². The normalized spacial score (nSPS) is 37.8. The van der Waals surface area contributed by atoms with E-state index in [0.717, 1.165) is 19.3 Å². The van der Waals surface area contributed by atoms with Crippen LogP contribution in [0.15, 0.2) is 48.5 Å². The Morgan fingerprint density at radius 3 is 2.62 bits per heavy atom. The Balaban J connectivity index is 1.61. The summed E-state index contributed by atoms with van der Waals surface area (Å²) in [6, 6.07) is 18.4. The van der Waals surface area contributed by atoms with Gasteiger partial charge in [0.1, 0.15) is 11.4 Å². The number of phenols is 1. The molecular weight excluding hydrogens is 362 g/mol. The molecule has 4 nitrogen and oxygen atoms in total. The fraction of sp³-hybridized carbons (Fsp3) is 0.480. The van der Waals surface area contributed by atoms with Crippen molar-refractivity contribution in [2.45, 2.75) is 55.6 Å². The quantitative estimate of drug-likeness (QED) is 0.728. The van der Waals surface area contributed by atoms with Crippen molar-refractivity contribution in [1.29, 1.82) is 5.26 Å². The number of hydrogen-bond acceptors (Lipinski definition) is 4. The molecule has 0 amide bonds. The van der Waals surface area contributed by atoms with Gasteiger partial charge in [0.2, 0.25) is 0 Å². The topological polar surface area (TPSA) is 84.5 Å². The molecule has 4 heteroatoms. The van der Waals surface area contributed by atoms with Crippen LogP contribution in [-0.4, -0.2) is 27.0 Å². The lowest BCUT2D eigenvalue weighted by molar-refractivity contribution is -0.0902. The van der Waals surface area contributed by atoms with Crippen molar-refractivity contribution < 1.29 is 15.3 Å². The molecule has 3 aliphatic carbocycles. The van der Waals surface area contributed by atoms with E-state index in [1.807, 2.05) is 12.1 Å². The Labute approximate surface area is 171 Å². The summed E-state index contributed by atoms with van der Waals surface area (Å²) >= 11 is 0. The first-order chi connectivity index (χ1) is 14.0. The molecule has 7 unspecified atom stereocenters. The molecule has 2 fully saturated rings. The molecule has 2 saturated carbocycles. The third-order valence-corrected chi connectivity index (χ3v) is 8.00. The van der Waals surface area contributed by atoms with Gasteiger partial charge in [-0.3, -0.25) is 0 Å². The minimum atomic E-state index is -1.29. The van der Waals surface area contributed by atoms with E-state index in [0.29, 0.717) is 24.0 Å². The van der Waals surface area contributed by atoms with E-state index in [4.69, 9.17) is 0 Å². The van der Waals surface area contributed by atoms with Gasteiger partial charge < -0.3 is 15.3 Å². The average molecular weight is 389 g/mol. The second-order valence-electron chi connectivity index (χ2n) is 9.21. The third-order valence-electron chi connectivity index (χ3n) is 8.00. The van der Waals surface area contributed by atoms with Crippen molar-refractivity contribution >= 4 is 0 Å². The van der Waals surface area contributed by atoms with Crippen LogP contribution >= 0.6 is 0 Å². The van der Waals surface area contributed by atoms with E-state index in [-0.39, 0.29) is 24.2 Å². The molecule has 3 aliphatic rings. The third kappa shape index (κ3) is 2.79. The van der Waals surface area contributed by atoms with Crippen molar-refractivity contribution in [2.75, 3.05) is 0 Å². The van der Waals surface area contributed by atoms with Gasteiger partial charge in [-0.05, 0) is 84.1 Å². The van der Waals surface area contributed by atoms with E-state index < -0.39 is 11.7 Å². The van der Waals surface area contributed by atoms with Crippen LogP contribution in [0.1, 0.15) is 54.2 Å². The Morgan fingerprint density at radius 2 is 1.86 bits per heavy atom. The molecule has 29 heavy (non-hydrogen) atoms. The molecule has 2 aromatic carbocycles. The SMILES string of the molecule is N#CCC1(O)C(O)CC2C3C(c4ccccc4)Cc4cc(O)ccc4C3CCC21. The Morgan fingerprint density at radius 1 is 1.07 bits per heavy atom. The zero-order chi connectivity index (χ0) is 20.2. The van der Waals surface area contributed by atoms with E-state index in [2.05, 4.69) is 36.4 Å². The molecule has 0 aromatic heterocycles. The highest BCUT2D eigenvalue weighted by Crippen LogP contribution is 2.61. The van der Waals surface area contributed by atoms with Gasteiger partial charge in [0.25, 0.3) is 0 Å². The second kappa shape index (κ2) is 6.86. The van der Waals surface area contributed by atoms with Crippen molar-refractivity contribution in [2.24, 2.45) is 17.8 Å². The number of nitriles is 1. The Hall–Kier alpha value is -2.35. The molecule has 3 N–H and O–H groups in total. The van der Waals surface area contributed by atoms with Gasteiger partial charge in [-0.2, -0.15) is 5.26 Å². The molecule has 150 valence electrons. The van der Waals surface area contributed by atoms with Gasteiger partial charge in [0, 0.05) is 0 Å². The molecule has 0 bridgehead atoms. The monoisotopic (exact) mass is 389 g/mol. The lowest BCUT2D eigenvalue weighted by atomic mass is 9.55. The van der Waals surface area contributed by atoms with Gasteiger partial charge in [-0.15, -0.1) is 0 Å².